The lowest BCUT2D eigenvalue weighted by molar-refractivity contribution is 0.0892. The summed E-state index contributed by atoms with van der Waals surface area (Å²) >= 11 is 0. The molecule has 0 aromatic heterocycles. The van der Waals surface area contributed by atoms with Crippen LogP contribution in [0.1, 0.15) is 29.8 Å². The van der Waals surface area contributed by atoms with Gasteiger partial charge in [-0.15, -0.1) is 0 Å². The van der Waals surface area contributed by atoms with Gasteiger partial charge >= 0.3 is 0 Å². The lowest BCUT2D eigenvalue weighted by Crippen LogP contribution is -2.21. The SMILES string of the molecule is COc1ccc(CC(C)C(C)C(=O)c2ccc3c(c2)OCO3)cc1OC. The van der Waals surface area contributed by atoms with Crippen LogP contribution in [0.25, 0.3) is 0 Å². The van der Waals surface area contributed by atoms with Crippen molar-refractivity contribution in [1.29, 1.82) is 0 Å². The third-order valence-electron chi connectivity index (χ3n) is 4.93. The van der Waals surface area contributed by atoms with Gasteiger partial charge in [-0.2, -0.15) is 0 Å². The summed E-state index contributed by atoms with van der Waals surface area (Å²) in [5.74, 6) is 2.88. The average Bonchev–Trinajstić information content (AvgIpc) is 3.14. The number of Topliss-reactive ketones (excluding diaryl/α,β-unsaturated/α-hetero) is 1. The minimum Gasteiger partial charge on any atom is -0.493 e. The van der Waals surface area contributed by atoms with Gasteiger partial charge in [-0.05, 0) is 48.2 Å². The first-order valence-electron chi connectivity index (χ1n) is 8.68. The predicted octanol–water partition coefficient (Wildman–Crippen LogP) is 4.13. The van der Waals surface area contributed by atoms with E-state index in [-0.39, 0.29) is 24.4 Å². The summed E-state index contributed by atoms with van der Waals surface area (Å²) < 4.78 is 21.3. The van der Waals surface area contributed by atoms with Gasteiger partial charge in [0.1, 0.15) is 0 Å². The van der Waals surface area contributed by atoms with Gasteiger partial charge in [0.05, 0.1) is 14.2 Å². The molecule has 0 fully saturated rings. The summed E-state index contributed by atoms with van der Waals surface area (Å²) in [7, 11) is 3.24. The van der Waals surface area contributed by atoms with Gasteiger partial charge in [0, 0.05) is 11.5 Å². The van der Waals surface area contributed by atoms with Gasteiger partial charge < -0.3 is 18.9 Å². The maximum Gasteiger partial charge on any atom is 0.231 e. The Morgan fingerprint density at radius 2 is 1.73 bits per heavy atom. The van der Waals surface area contributed by atoms with E-state index in [1.165, 1.54) is 0 Å². The number of methoxy groups -OCH3 is 2. The second kappa shape index (κ2) is 7.68. The van der Waals surface area contributed by atoms with Crippen LogP contribution < -0.4 is 18.9 Å². The van der Waals surface area contributed by atoms with Gasteiger partial charge in [0.2, 0.25) is 6.79 Å². The molecular weight excluding hydrogens is 332 g/mol. The summed E-state index contributed by atoms with van der Waals surface area (Å²) in [6.45, 7) is 4.27. The molecule has 0 saturated heterocycles. The monoisotopic (exact) mass is 356 g/mol. The van der Waals surface area contributed by atoms with E-state index in [0.717, 1.165) is 12.0 Å². The molecule has 1 aliphatic heterocycles. The Hall–Kier alpha value is -2.69. The molecule has 5 nitrogen and oxygen atoms in total. The van der Waals surface area contributed by atoms with E-state index in [4.69, 9.17) is 18.9 Å². The van der Waals surface area contributed by atoms with Crippen molar-refractivity contribution < 1.29 is 23.7 Å². The molecule has 0 aliphatic carbocycles. The molecule has 2 aromatic rings. The van der Waals surface area contributed by atoms with Crippen LogP contribution >= 0.6 is 0 Å². The number of benzene rings is 2. The summed E-state index contributed by atoms with van der Waals surface area (Å²) in [5, 5.41) is 0. The highest BCUT2D eigenvalue weighted by Gasteiger charge is 2.24. The van der Waals surface area contributed by atoms with Crippen LogP contribution in [0, 0.1) is 11.8 Å². The highest BCUT2D eigenvalue weighted by molar-refractivity contribution is 5.98. The average molecular weight is 356 g/mol. The molecule has 0 radical (unpaired) electrons. The third-order valence-corrected chi connectivity index (χ3v) is 4.93. The van der Waals surface area contributed by atoms with Crippen LogP contribution in [-0.2, 0) is 6.42 Å². The quantitative estimate of drug-likeness (QED) is 0.698. The predicted molar refractivity (Wildman–Crippen MR) is 98.5 cm³/mol. The fourth-order valence-electron chi connectivity index (χ4n) is 3.13. The zero-order valence-electron chi connectivity index (χ0n) is 15.6. The smallest absolute Gasteiger partial charge is 0.231 e. The second-order valence-corrected chi connectivity index (χ2v) is 6.59. The van der Waals surface area contributed by atoms with Crippen LogP contribution in [0.4, 0.5) is 0 Å². The molecule has 5 heteroatoms. The van der Waals surface area contributed by atoms with Gasteiger partial charge in [-0.3, -0.25) is 4.79 Å². The van der Waals surface area contributed by atoms with Crippen molar-refractivity contribution in [2.24, 2.45) is 11.8 Å². The highest BCUT2D eigenvalue weighted by atomic mass is 16.7. The third kappa shape index (κ3) is 3.62. The first kappa shape index (κ1) is 18.1. The standard InChI is InChI=1S/C21H24O5/c1-13(9-15-5-7-17(23-3)19(10-15)24-4)14(2)21(22)16-6-8-18-20(11-16)26-12-25-18/h5-8,10-11,13-14H,9,12H2,1-4H3. The molecule has 0 bridgehead atoms. The maximum atomic E-state index is 12.9. The first-order chi connectivity index (χ1) is 12.5. The molecule has 2 aromatic carbocycles. The molecule has 1 heterocycles. The molecule has 0 spiro atoms. The van der Waals surface area contributed by atoms with Crippen molar-refractivity contribution in [3.05, 3.63) is 47.5 Å². The van der Waals surface area contributed by atoms with Crippen LogP contribution in [0.5, 0.6) is 23.0 Å². The molecule has 2 atom stereocenters. The minimum absolute atomic E-state index is 0.108. The van der Waals surface area contributed by atoms with Gasteiger partial charge in [0.25, 0.3) is 0 Å². The summed E-state index contributed by atoms with van der Waals surface area (Å²) in [6.07, 6.45) is 0.776. The lowest BCUT2D eigenvalue weighted by Gasteiger charge is -2.20. The van der Waals surface area contributed by atoms with Crippen molar-refractivity contribution >= 4 is 5.78 Å². The van der Waals surface area contributed by atoms with Crippen molar-refractivity contribution in [2.45, 2.75) is 20.3 Å². The zero-order chi connectivity index (χ0) is 18.7. The van der Waals surface area contributed by atoms with Gasteiger partial charge in [-0.25, -0.2) is 0 Å². The van der Waals surface area contributed by atoms with E-state index in [0.29, 0.717) is 28.6 Å². The van der Waals surface area contributed by atoms with Gasteiger partial charge in [-0.1, -0.05) is 19.9 Å². The van der Waals surface area contributed by atoms with E-state index in [9.17, 15) is 4.79 Å². The van der Waals surface area contributed by atoms with E-state index in [1.54, 1.807) is 32.4 Å². The Morgan fingerprint density at radius 3 is 2.46 bits per heavy atom. The second-order valence-electron chi connectivity index (χ2n) is 6.59. The number of ketones is 1. The number of ether oxygens (including phenoxy) is 4. The molecule has 3 rings (SSSR count). The Morgan fingerprint density at radius 1 is 1.00 bits per heavy atom. The largest absolute Gasteiger partial charge is 0.493 e. The van der Waals surface area contributed by atoms with Gasteiger partial charge in [0.15, 0.2) is 28.8 Å². The minimum atomic E-state index is -0.122. The van der Waals surface area contributed by atoms with E-state index in [2.05, 4.69) is 6.92 Å². The number of hydrogen-bond acceptors (Lipinski definition) is 5. The first-order valence-corrected chi connectivity index (χ1v) is 8.68. The topological polar surface area (TPSA) is 54.0 Å². The molecule has 1 aliphatic rings. The molecule has 0 saturated carbocycles. The molecular formula is C21H24O5. The Bertz CT molecular complexity index is 799. The number of carbonyl (C=O) groups excluding carboxylic acids is 1. The molecule has 138 valence electrons. The highest BCUT2D eigenvalue weighted by Crippen LogP contribution is 2.34. The summed E-state index contributed by atoms with van der Waals surface area (Å²) in [4.78, 5) is 12.9. The van der Waals surface area contributed by atoms with E-state index >= 15 is 0 Å². The number of rotatable bonds is 7. The zero-order valence-corrected chi connectivity index (χ0v) is 15.6. The van der Waals surface area contributed by atoms with Crippen molar-refractivity contribution in [1.82, 2.24) is 0 Å². The fourth-order valence-corrected chi connectivity index (χ4v) is 3.13. The molecule has 0 N–H and O–H groups in total. The fraction of sp³-hybridized carbons (Fsp3) is 0.381. The van der Waals surface area contributed by atoms with Crippen molar-refractivity contribution in [3.8, 4) is 23.0 Å². The Kier molecular flexibility index (Phi) is 5.35. The van der Waals surface area contributed by atoms with Crippen LogP contribution in [0.15, 0.2) is 36.4 Å². The van der Waals surface area contributed by atoms with E-state index < -0.39 is 0 Å². The summed E-state index contributed by atoms with van der Waals surface area (Å²) in [6, 6.07) is 11.2. The Balaban J connectivity index is 1.71. The van der Waals surface area contributed by atoms with Crippen LogP contribution in [0.2, 0.25) is 0 Å². The maximum absolute atomic E-state index is 12.9. The Labute approximate surface area is 153 Å². The molecule has 0 amide bonds. The number of carbonyl (C=O) groups is 1. The number of fused-ring (bicyclic) bond motifs is 1. The lowest BCUT2D eigenvalue weighted by atomic mass is 9.84. The van der Waals surface area contributed by atoms with Crippen molar-refractivity contribution in [3.63, 3.8) is 0 Å². The van der Waals surface area contributed by atoms with Crippen molar-refractivity contribution in [2.75, 3.05) is 21.0 Å². The molecule has 26 heavy (non-hydrogen) atoms. The van der Waals surface area contributed by atoms with Crippen LogP contribution in [0.3, 0.4) is 0 Å². The number of hydrogen-bond donors (Lipinski definition) is 0. The normalized spacial score (nSPS) is 14.6. The van der Waals surface area contributed by atoms with Crippen LogP contribution in [-0.4, -0.2) is 26.8 Å². The van der Waals surface area contributed by atoms with E-state index in [1.807, 2.05) is 25.1 Å². The summed E-state index contributed by atoms with van der Waals surface area (Å²) in [5.41, 5.74) is 1.77. The molecule has 2 unspecified atom stereocenters.